The molecule has 2 aromatic carbocycles. The number of methoxy groups -OCH3 is 1. The Kier molecular flexibility index (Phi) is 6.38. The highest BCUT2D eigenvalue weighted by atomic mass is 19.4. The smallest absolute Gasteiger partial charge is 0.471 e. The molecule has 0 bridgehead atoms. The largest absolute Gasteiger partial charge is 0.504 e. The van der Waals surface area contributed by atoms with E-state index in [4.69, 9.17) is 10.5 Å². The van der Waals surface area contributed by atoms with Crippen LogP contribution in [0.2, 0.25) is 0 Å². The molecule has 0 aliphatic carbocycles. The van der Waals surface area contributed by atoms with Gasteiger partial charge >= 0.3 is 12.1 Å². The summed E-state index contributed by atoms with van der Waals surface area (Å²) >= 11 is 0. The van der Waals surface area contributed by atoms with E-state index in [9.17, 15) is 32.7 Å². The molecular weight excluding hydrogens is 445 g/mol. The molecule has 12 heteroatoms. The molecule has 0 spiro atoms. The number of amides is 2. The Hall–Kier alpha value is -4.35. The molecule has 9 nitrogen and oxygen atoms in total. The molecule has 172 valence electrons. The number of carbonyl (C=O) groups is 3. The predicted molar refractivity (Wildman–Crippen MR) is 110 cm³/mol. The SMILES string of the molecule is COc1ccc(-c2n[nH]c(C(=O)Cc3ccc(C(N)=O)cc3NC(=O)C(F)(F)F)c2O)cc1. The molecule has 33 heavy (non-hydrogen) atoms. The molecule has 0 saturated heterocycles. The quantitative estimate of drug-likeness (QED) is 0.397. The number of nitrogens with two attached hydrogens (primary N) is 1. The number of halogens is 3. The highest BCUT2D eigenvalue weighted by Crippen LogP contribution is 2.32. The summed E-state index contributed by atoms with van der Waals surface area (Å²) in [5.41, 5.74) is 4.79. The zero-order chi connectivity index (χ0) is 24.3. The van der Waals surface area contributed by atoms with E-state index < -0.39 is 41.6 Å². The van der Waals surface area contributed by atoms with Crippen molar-refractivity contribution < 1.29 is 37.4 Å². The lowest BCUT2D eigenvalue weighted by atomic mass is 10.0. The third kappa shape index (κ3) is 5.11. The van der Waals surface area contributed by atoms with Gasteiger partial charge in [-0.05, 0) is 42.0 Å². The average Bonchev–Trinajstić information content (AvgIpc) is 3.15. The summed E-state index contributed by atoms with van der Waals surface area (Å²) in [7, 11) is 1.49. The minimum atomic E-state index is -5.20. The van der Waals surface area contributed by atoms with Crippen LogP contribution < -0.4 is 15.8 Å². The van der Waals surface area contributed by atoms with E-state index in [1.165, 1.54) is 19.2 Å². The molecule has 0 unspecified atom stereocenters. The first kappa shape index (κ1) is 23.3. The first-order chi connectivity index (χ1) is 15.5. The van der Waals surface area contributed by atoms with Gasteiger partial charge in [-0.3, -0.25) is 19.5 Å². The summed E-state index contributed by atoms with van der Waals surface area (Å²) in [6.45, 7) is 0. The molecule has 2 amide bonds. The lowest BCUT2D eigenvalue weighted by Gasteiger charge is -2.13. The van der Waals surface area contributed by atoms with Crippen molar-refractivity contribution in [1.29, 1.82) is 0 Å². The molecule has 1 heterocycles. The van der Waals surface area contributed by atoms with Gasteiger partial charge in [-0.15, -0.1) is 0 Å². The number of hydrogen-bond acceptors (Lipinski definition) is 6. The second kappa shape index (κ2) is 9.02. The maximum atomic E-state index is 12.8. The fraction of sp³-hybridized carbons (Fsp3) is 0.143. The van der Waals surface area contributed by atoms with Gasteiger partial charge in [0.1, 0.15) is 17.1 Å². The molecule has 0 aliphatic rings. The summed E-state index contributed by atoms with van der Waals surface area (Å²) in [5, 5.41) is 18.4. The number of nitrogens with one attached hydrogen (secondary N) is 2. The lowest BCUT2D eigenvalue weighted by Crippen LogP contribution is -2.30. The van der Waals surface area contributed by atoms with Crippen molar-refractivity contribution >= 4 is 23.3 Å². The van der Waals surface area contributed by atoms with Gasteiger partial charge < -0.3 is 20.9 Å². The van der Waals surface area contributed by atoms with Crippen LogP contribution in [0.1, 0.15) is 26.4 Å². The Morgan fingerprint density at radius 1 is 1.15 bits per heavy atom. The van der Waals surface area contributed by atoms with Gasteiger partial charge in [-0.1, -0.05) is 6.07 Å². The molecule has 0 atom stereocenters. The fourth-order valence-electron chi connectivity index (χ4n) is 2.94. The van der Waals surface area contributed by atoms with Gasteiger partial charge in [0.25, 0.3) is 0 Å². The number of hydrogen-bond donors (Lipinski definition) is 4. The van der Waals surface area contributed by atoms with Gasteiger partial charge in [0.15, 0.2) is 11.5 Å². The second-order valence-electron chi connectivity index (χ2n) is 6.81. The van der Waals surface area contributed by atoms with Gasteiger partial charge in [0.2, 0.25) is 5.91 Å². The number of alkyl halides is 3. The number of rotatable bonds is 7. The third-order valence-electron chi connectivity index (χ3n) is 4.63. The van der Waals surface area contributed by atoms with Crippen LogP contribution in [0.5, 0.6) is 11.5 Å². The van der Waals surface area contributed by atoms with Crippen LogP contribution in [0.15, 0.2) is 42.5 Å². The topological polar surface area (TPSA) is 147 Å². The summed E-state index contributed by atoms with van der Waals surface area (Å²) in [5.74, 6) is -3.85. The summed E-state index contributed by atoms with van der Waals surface area (Å²) in [6.07, 6.45) is -5.72. The van der Waals surface area contributed by atoms with Crippen molar-refractivity contribution in [3.05, 3.63) is 59.3 Å². The minimum absolute atomic E-state index is 0.0393. The first-order valence-corrected chi connectivity index (χ1v) is 9.27. The van der Waals surface area contributed by atoms with E-state index in [-0.39, 0.29) is 22.5 Å². The standard InChI is InChI=1S/C21H17F3N4O5/c1-33-13-6-4-10(5-7-13)16-18(30)17(28-27-16)15(29)9-11-2-3-12(19(25)31)8-14(11)26-20(32)21(22,23)24/h2-8,30H,9H2,1H3,(H2,25,31)(H,26,32)(H,27,28). The zero-order valence-corrected chi connectivity index (χ0v) is 17.0. The summed E-state index contributed by atoms with van der Waals surface area (Å²) in [6, 6.07) is 9.78. The Morgan fingerprint density at radius 2 is 1.82 bits per heavy atom. The van der Waals surface area contributed by atoms with Gasteiger partial charge in [0, 0.05) is 23.2 Å². The molecule has 5 N–H and O–H groups in total. The highest BCUT2D eigenvalue weighted by molar-refractivity contribution is 6.03. The summed E-state index contributed by atoms with van der Waals surface area (Å²) in [4.78, 5) is 35.5. The van der Waals surface area contributed by atoms with Crippen LogP contribution in [-0.4, -0.2) is 46.2 Å². The predicted octanol–water partition coefficient (Wildman–Crippen LogP) is 2.82. The van der Waals surface area contributed by atoms with Crippen LogP contribution in [-0.2, 0) is 11.2 Å². The highest BCUT2D eigenvalue weighted by Gasteiger charge is 2.39. The molecule has 0 aliphatic heterocycles. The number of benzene rings is 2. The Labute approximate surface area is 184 Å². The Morgan fingerprint density at radius 3 is 2.39 bits per heavy atom. The van der Waals surface area contributed by atoms with Crippen molar-refractivity contribution in [1.82, 2.24) is 10.2 Å². The number of nitrogens with zero attached hydrogens (tertiary/aromatic N) is 1. The van der Waals surface area contributed by atoms with Gasteiger partial charge in [0.05, 0.1) is 7.11 Å². The normalized spacial score (nSPS) is 11.2. The number of primary amides is 1. The number of carbonyl (C=O) groups excluding carboxylic acids is 3. The molecule has 0 saturated carbocycles. The van der Waals surface area contributed by atoms with E-state index in [1.807, 2.05) is 0 Å². The van der Waals surface area contributed by atoms with E-state index in [1.54, 1.807) is 29.6 Å². The Balaban J connectivity index is 1.90. The second-order valence-corrected chi connectivity index (χ2v) is 6.81. The third-order valence-corrected chi connectivity index (χ3v) is 4.63. The number of aromatic nitrogens is 2. The summed E-state index contributed by atoms with van der Waals surface area (Å²) < 4.78 is 43.1. The number of aromatic hydroxyl groups is 1. The van der Waals surface area contributed by atoms with Crippen LogP contribution in [0.4, 0.5) is 18.9 Å². The number of H-pyrrole nitrogens is 1. The van der Waals surface area contributed by atoms with Gasteiger partial charge in [-0.25, -0.2) is 0 Å². The van der Waals surface area contributed by atoms with E-state index in [2.05, 4.69) is 10.2 Å². The molecule has 0 fully saturated rings. The number of aromatic amines is 1. The van der Waals surface area contributed by atoms with Crippen molar-refractivity contribution in [3.8, 4) is 22.8 Å². The zero-order valence-electron chi connectivity index (χ0n) is 17.0. The minimum Gasteiger partial charge on any atom is -0.504 e. The van der Waals surface area contributed by atoms with Crippen molar-refractivity contribution in [2.75, 3.05) is 12.4 Å². The maximum Gasteiger partial charge on any atom is 0.471 e. The van der Waals surface area contributed by atoms with Crippen molar-refractivity contribution in [2.45, 2.75) is 12.6 Å². The number of ether oxygens (including phenoxy) is 1. The van der Waals surface area contributed by atoms with Gasteiger partial charge in [-0.2, -0.15) is 18.3 Å². The van der Waals surface area contributed by atoms with E-state index in [0.29, 0.717) is 11.3 Å². The van der Waals surface area contributed by atoms with E-state index >= 15 is 0 Å². The molecule has 3 rings (SSSR count). The monoisotopic (exact) mass is 462 g/mol. The number of Topliss-reactive ketones (excluding diaryl/α,β-unsaturated/α-hetero) is 1. The van der Waals surface area contributed by atoms with Crippen molar-refractivity contribution in [3.63, 3.8) is 0 Å². The molecule has 0 radical (unpaired) electrons. The first-order valence-electron chi connectivity index (χ1n) is 9.27. The lowest BCUT2D eigenvalue weighted by molar-refractivity contribution is -0.167. The number of ketones is 1. The van der Waals surface area contributed by atoms with Crippen LogP contribution in [0.3, 0.4) is 0 Å². The molecular formula is C21H17F3N4O5. The van der Waals surface area contributed by atoms with Crippen LogP contribution >= 0.6 is 0 Å². The van der Waals surface area contributed by atoms with Crippen LogP contribution in [0.25, 0.3) is 11.3 Å². The van der Waals surface area contributed by atoms with E-state index in [0.717, 1.165) is 6.07 Å². The number of anilines is 1. The molecule has 1 aromatic heterocycles. The maximum absolute atomic E-state index is 12.8. The Bertz CT molecular complexity index is 1220. The van der Waals surface area contributed by atoms with Crippen LogP contribution in [0, 0.1) is 0 Å². The average molecular weight is 462 g/mol. The fourth-order valence-corrected chi connectivity index (χ4v) is 2.94. The van der Waals surface area contributed by atoms with Crippen molar-refractivity contribution in [2.24, 2.45) is 5.73 Å². The molecule has 3 aromatic rings.